The highest BCUT2D eigenvalue weighted by Gasteiger charge is 2.31. The molecule has 110 valence electrons. The summed E-state index contributed by atoms with van der Waals surface area (Å²) in [4.78, 5) is 26.8. The molecule has 1 fully saturated rings. The summed E-state index contributed by atoms with van der Waals surface area (Å²) in [5, 5.41) is 14.7. The van der Waals surface area contributed by atoms with Crippen molar-refractivity contribution in [2.75, 3.05) is 6.54 Å². The fourth-order valence-electron chi connectivity index (χ4n) is 2.54. The van der Waals surface area contributed by atoms with Crippen LogP contribution in [0.4, 0.5) is 4.79 Å². The van der Waals surface area contributed by atoms with Crippen molar-refractivity contribution >= 4 is 12.0 Å². The molecule has 1 aromatic heterocycles. The van der Waals surface area contributed by atoms with E-state index < -0.39 is 11.9 Å². The van der Waals surface area contributed by atoms with E-state index in [9.17, 15) is 9.59 Å². The van der Waals surface area contributed by atoms with Crippen LogP contribution in [-0.2, 0) is 11.3 Å². The molecule has 2 atom stereocenters. The maximum Gasteiger partial charge on any atom is 0.315 e. The summed E-state index contributed by atoms with van der Waals surface area (Å²) in [5.74, 6) is -1.29. The molecule has 2 unspecified atom stereocenters. The zero-order valence-corrected chi connectivity index (χ0v) is 11.3. The van der Waals surface area contributed by atoms with Gasteiger partial charge in [-0.3, -0.25) is 4.79 Å². The largest absolute Gasteiger partial charge is 0.481 e. The molecule has 2 rings (SSSR count). The molecule has 1 aromatic rings. The van der Waals surface area contributed by atoms with Gasteiger partial charge in [-0.1, -0.05) is 12.8 Å². The van der Waals surface area contributed by atoms with Crippen molar-refractivity contribution in [1.29, 1.82) is 0 Å². The SMILES string of the molecule is O=C(NCCn1ccnc1)NC1CCCCC1C(=O)O. The second kappa shape index (κ2) is 6.93. The van der Waals surface area contributed by atoms with E-state index >= 15 is 0 Å². The zero-order valence-electron chi connectivity index (χ0n) is 11.3. The van der Waals surface area contributed by atoms with Crippen molar-refractivity contribution in [3.05, 3.63) is 18.7 Å². The Kier molecular flexibility index (Phi) is 4.97. The molecule has 1 aliphatic carbocycles. The van der Waals surface area contributed by atoms with Crippen molar-refractivity contribution in [2.45, 2.75) is 38.3 Å². The summed E-state index contributed by atoms with van der Waals surface area (Å²) in [5.41, 5.74) is 0. The topological polar surface area (TPSA) is 96.3 Å². The fourth-order valence-corrected chi connectivity index (χ4v) is 2.54. The molecule has 0 saturated heterocycles. The number of nitrogens with one attached hydrogen (secondary N) is 2. The Labute approximate surface area is 117 Å². The van der Waals surface area contributed by atoms with Gasteiger partial charge in [0.15, 0.2) is 0 Å². The number of aromatic nitrogens is 2. The second-order valence-electron chi connectivity index (χ2n) is 5.04. The first kappa shape index (κ1) is 14.4. The van der Waals surface area contributed by atoms with Crippen molar-refractivity contribution in [2.24, 2.45) is 5.92 Å². The third-order valence-corrected chi connectivity index (χ3v) is 3.61. The molecule has 0 bridgehead atoms. The average molecular weight is 280 g/mol. The number of aliphatic carboxylic acids is 1. The highest BCUT2D eigenvalue weighted by molar-refractivity contribution is 5.76. The van der Waals surface area contributed by atoms with E-state index in [-0.39, 0.29) is 12.1 Å². The number of hydrogen-bond donors (Lipinski definition) is 3. The number of carbonyl (C=O) groups is 2. The maximum absolute atomic E-state index is 11.8. The molecule has 0 spiro atoms. The predicted molar refractivity (Wildman–Crippen MR) is 72.1 cm³/mol. The van der Waals surface area contributed by atoms with E-state index in [4.69, 9.17) is 5.11 Å². The van der Waals surface area contributed by atoms with E-state index in [1.165, 1.54) is 0 Å². The van der Waals surface area contributed by atoms with Gasteiger partial charge in [-0.2, -0.15) is 0 Å². The third kappa shape index (κ3) is 3.97. The molecule has 7 nitrogen and oxygen atoms in total. The smallest absolute Gasteiger partial charge is 0.315 e. The molecule has 3 N–H and O–H groups in total. The Morgan fingerprint density at radius 1 is 1.35 bits per heavy atom. The quantitative estimate of drug-likeness (QED) is 0.744. The minimum atomic E-state index is -0.826. The second-order valence-corrected chi connectivity index (χ2v) is 5.04. The summed E-state index contributed by atoms with van der Waals surface area (Å²) < 4.78 is 1.86. The van der Waals surface area contributed by atoms with Crippen LogP contribution in [0.25, 0.3) is 0 Å². The van der Waals surface area contributed by atoms with E-state index in [1.807, 2.05) is 10.8 Å². The molecule has 2 amide bonds. The van der Waals surface area contributed by atoms with Crippen LogP contribution in [0.5, 0.6) is 0 Å². The highest BCUT2D eigenvalue weighted by Crippen LogP contribution is 2.24. The highest BCUT2D eigenvalue weighted by atomic mass is 16.4. The standard InChI is InChI=1S/C13H20N4O3/c18-12(19)10-3-1-2-4-11(10)16-13(20)15-6-8-17-7-5-14-9-17/h5,7,9-11H,1-4,6,8H2,(H,18,19)(H2,15,16,20). The lowest BCUT2D eigenvalue weighted by molar-refractivity contribution is -0.143. The summed E-state index contributed by atoms with van der Waals surface area (Å²) in [6.45, 7) is 1.12. The molecule has 1 aliphatic rings. The van der Waals surface area contributed by atoms with Gasteiger partial charge < -0.3 is 20.3 Å². The average Bonchev–Trinajstić information content (AvgIpc) is 2.92. The van der Waals surface area contributed by atoms with Crippen LogP contribution in [0.1, 0.15) is 25.7 Å². The van der Waals surface area contributed by atoms with Gasteiger partial charge in [-0.15, -0.1) is 0 Å². The van der Waals surface area contributed by atoms with Crippen molar-refractivity contribution in [3.8, 4) is 0 Å². The summed E-state index contributed by atoms with van der Waals surface area (Å²) >= 11 is 0. The van der Waals surface area contributed by atoms with Crippen LogP contribution in [0.15, 0.2) is 18.7 Å². The van der Waals surface area contributed by atoms with Crippen molar-refractivity contribution in [1.82, 2.24) is 20.2 Å². The Bertz CT molecular complexity index is 446. The number of nitrogens with zero attached hydrogens (tertiary/aromatic N) is 2. The first-order valence-electron chi connectivity index (χ1n) is 6.89. The Morgan fingerprint density at radius 2 is 2.15 bits per heavy atom. The predicted octanol–water partition coefficient (Wildman–Crippen LogP) is 0.826. The number of carbonyl (C=O) groups excluding carboxylic acids is 1. The molecule has 0 aromatic carbocycles. The normalized spacial score (nSPS) is 22.2. The summed E-state index contributed by atoms with van der Waals surface area (Å²) in [6.07, 6.45) is 8.42. The Morgan fingerprint density at radius 3 is 2.85 bits per heavy atom. The van der Waals surface area contributed by atoms with E-state index in [1.54, 1.807) is 12.5 Å². The van der Waals surface area contributed by atoms with Gasteiger partial charge in [-0.05, 0) is 12.8 Å². The van der Waals surface area contributed by atoms with Crippen LogP contribution < -0.4 is 10.6 Å². The number of hydrogen-bond acceptors (Lipinski definition) is 3. The van der Waals surface area contributed by atoms with Crippen LogP contribution >= 0.6 is 0 Å². The lowest BCUT2D eigenvalue weighted by Crippen LogP contribution is -2.49. The summed E-state index contributed by atoms with van der Waals surface area (Å²) in [6, 6.07) is -0.572. The first-order valence-corrected chi connectivity index (χ1v) is 6.89. The van der Waals surface area contributed by atoms with Crippen LogP contribution in [0, 0.1) is 5.92 Å². The molecular formula is C13H20N4O3. The minimum Gasteiger partial charge on any atom is -0.481 e. The van der Waals surface area contributed by atoms with Crippen molar-refractivity contribution < 1.29 is 14.7 Å². The molecular weight excluding hydrogens is 260 g/mol. The van der Waals surface area contributed by atoms with E-state index in [2.05, 4.69) is 15.6 Å². The van der Waals surface area contributed by atoms with Gasteiger partial charge in [0.05, 0.1) is 12.2 Å². The molecule has 20 heavy (non-hydrogen) atoms. The number of amides is 2. The van der Waals surface area contributed by atoms with E-state index in [0.29, 0.717) is 19.5 Å². The maximum atomic E-state index is 11.8. The van der Waals surface area contributed by atoms with Crippen LogP contribution in [0.2, 0.25) is 0 Å². The first-order chi connectivity index (χ1) is 9.66. The molecule has 7 heteroatoms. The van der Waals surface area contributed by atoms with Crippen LogP contribution in [-0.4, -0.2) is 39.2 Å². The van der Waals surface area contributed by atoms with Gasteiger partial charge in [0, 0.05) is 31.5 Å². The lowest BCUT2D eigenvalue weighted by Gasteiger charge is -2.29. The Balaban J connectivity index is 1.73. The molecule has 1 saturated carbocycles. The monoisotopic (exact) mass is 280 g/mol. The number of carboxylic acids is 1. The fraction of sp³-hybridized carbons (Fsp3) is 0.615. The van der Waals surface area contributed by atoms with Gasteiger partial charge in [0.25, 0.3) is 0 Å². The lowest BCUT2D eigenvalue weighted by atomic mass is 9.84. The summed E-state index contributed by atoms with van der Waals surface area (Å²) in [7, 11) is 0. The third-order valence-electron chi connectivity index (χ3n) is 3.61. The van der Waals surface area contributed by atoms with Gasteiger partial charge in [-0.25, -0.2) is 9.78 Å². The molecule has 0 aliphatic heterocycles. The molecule has 0 radical (unpaired) electrons. The minimum absolute atomic E-state index is 0.269. The Hall–Kier alpha value is -2.05. The van der Waals surface area contributed by atoms with Crippen molar-refractivity contribution in [3.63, 3.8) is 0 Å². The number of carboxylic acid groups (broad SMARTS) is 1. The number of imidazole rings is 1. The van der Waals surface area contributed by atoms with Crippen LogP contribution in [0.3, 0.4) is 0 Å². The number of rotatable bonds is 5. The van der Waals surface area contributed by atoms with Gasteiger partial charge in [0.1, 0.15) is 0 Å². The van der Waals surface area contributed by atoms with Gasteiger partial charge >= 0.3 is 12.0 Å². The van der Waals surface area contributed by atoms with E-state index in [0.717, 1.165) is 19.3 Å². The zero-order chi connectivity index (χ0) is 14.4. The molecule has 1 heterocycles. The van der Waals surface area contributed by atoms with Gasteiger partial charge in [0.2, 0.25) is 0 Å². The number of urea groups is 1.